The molecule has 4 bridgehead atoms. The fourth-order valence-electron chi connectivity index (χ4n) is 3.91. The van der Waals surface area contributed by atoms with E-state index >= 15 is 0 Å². The van der Waals surface area contributed by atoms with E-state index in [4.69, 9.17) is 0 Å². The highest BCUT2D eigenvalue weighted by molar-refractivity contribution is 5.15. The summed E-state index contributed by atoms with van der Waals surface area (Å²) in [7, 11) is 0. The van der Waals surface area contributed by atoms with Gasteiger partial charge in [-0.3, -0.25) is 0 Å². The predicted molar refractivity (Wildman–Crippen MR) is 46.3 cm³/mol. The first-order chi connectivity index (χ1) is 5.66. The summed E-state index contributed by atoms with van der Waals surface area (Å²) in [5.74, 6) is 3.66. The van der Waals surface area contributed by atoms with E-state index in [0.717, 1.165) is 25.2 Å². The minimum Gasteiger partial charge on any atom is -0.243 e. The third-order valence-electron chi connectivity index (χ3n) is 4.40. The molecule has 4 atom stereocenters. The van der Waals surface area contributed by atoms with Gasteiger partial charge in [-0.05, 0) is 25.2 Å². The quantitative estimate of drug-likeness (QED) is 0.486. The van der Waals surface area contributed by atoms with Gasteiger partial charge in [-0.2, -0.15) is 0 Å². The maximum Gasteiger partial charge on any atom is 0.120 e. The molecule has 4 aliphatic rings. The summed E-state index contributed by atoms with van der Waals surface area (Å²) in [6, 6.07) is 0. The van der Waals surface area contributed by atoms with E-state index < -0.39 is 5.67 Å². The molecule has 2 unspecified atom stereocenters. The Morgan fingerprint density at radius 2 is 1.75 bits per heavy atom. The Labute approximate surface area is 73.5 Å². The molecule has 66 valence electrons. The van der Waals surface area contributed by atoms with Crippen molar-refractivity contribution in [1.29, 1.82) is 0 Å². The number of rotatable bonds is 0. The molecule has 4 fully saturated rings. The van der Waals surface area contributed by atoms with Gasteiger partial charge < -0.3 is 0 Å². The summed E-state index contributed by atoms with van der Waals surface area (Å²) in [6.07, 6.45) is 5.19. The molecule has 0 saturated heterocycles. The third-order valence-corrected chi connectivity index (χ3v) is 4.40. The third kappa shape index (κ3) is 0.800. The van der Waals surface area contributed by atoms with Gasteiger partial charge in [0, 0.05) is 12.8 Å². The zero-order valence-electron chi connectivity index (χ0n) is 7.65. The highest BCUT2D eigenvalue weighted by Crippen LogP contribution is 2.60. The van der Waals surface area contributed by atoms with E-state index in [1.54, 1.807) is 5.92 Å². The maximum absolute atomic E-state index is 14.0. The van der Waals surface area contributed by atoms with Crippen LogP contribution in [-0.2, 0) is 0 Å². The fourth-order valence-corrected chi connectivity index (χ4v) is 3.91. The standard InChI is InChI=1S/C11H16F/c1-7-9-2-8-3-10(7)6-11(12,4-8)5-9/h8-10H,2-6H2,1H3/q+1/t8?,9-,10+,11?. The zero-order chi connectivity index (χ0) is 8.34. The molecular formula is C11H16F+. The zero-order valence-corrected chi connectivity index (χ0v) is 7.65. The van der Waals surface area contributed by atoms with Crippen molar-refractivity contribution in [2.75, 3.05) is 0 Å². The monoisotopic (exact) mass is 167 g/mol. The van der Waals surface area contributed by atoms with E-state index in [-0.39, 0.29) is 0 Å². The van der Waals surface area contributed by atoms with Gasteiger partial charge in [0.15, 0.2) is 0 Å². The minimum atomic E-state index is -0.740. The minimum absolute atomic E-state index is 0.654. The SMILES string of the molecule is C[C+]1[C@@H]2CC3C[C@H]1CC(F)(C3)C2. The van der Waals surface area contributed by atoms with Gasteiger partial charge in [0.1, 0.15) is 17.5 Å². The van der Waals surface area contributed by atoms with E-state index in [1.165, 1.54) is 12.8 Å². The van der Waals surface area contributed by atoms with Crippen LogP contribution in [-0.4, -0.2) is 5.67 Å². The lowest BCUT2D eigenvalue weighted by Crippen LogP contribution is -2.50. The van der Waals surface area contributed by atoms with Crippen molar-refractivity contribution < 1.29 is 4.39 Å². The fraction of sp³-hybridized carbons (Fsp3) is 0.909. The molecule has 0 radical (unpaired) electrons. The molecule has 4 rings (SSSR count). The first-order valence-corrected chi connectivity index (χ1v) is 5.18. The van der Waals surface area contributed by atoms with Crippen molar-refractivity contribution in [2.24, 2.45) is 17.8 Å². The molecule has 0 aromatic carbocycles. The van der Waals surface area contributed by atoms with E-state index in [9.17, 15) is 4.39 Å². The van der Waals surface area contributed by atoms with Gasteiger partial charge in [0.05, 0.1) is 12.8 Å². The summed E-state index contributed by atoms with van der Waals surface area (Å²) in [5.41, 5.74) is -0.740. The molecule has 0 aromatic rings. The van der Waals surface area contributed by atoms with Crippen LogP contribution in [0.2, 0.25) is 0 Å². The summed E-state index contributed by atoms with van der Waals surface area (Å²) < 4.78 is 14.0. The molecule has 0 amide bonds. The molecular weight excluding hydrogens is 151 g/mol. The van der Waals surface area contributed by atoms with Crippen molar-refractivity contribution in [2.45, 2.75) is 44.7 Å². The van der Waals surface area contributed by atoms with Crippen molar-refractivity contribution in [3.63, 3.8) is 0 Å². The van der Waals surface area contributed by atoms with Crippen molar-refractivity contribution in [1.82, 2.24) is 0 Å². The van der Waals surface area contributed by atoms with Crippen LogP contribution in [0.5, 0.6) is 0 Å². The Balaban J connectivity index is 1.95. The molecule has 0 nitrogen and oxygen atoms in total. The molecule has 12 heavy (non-hydrogen) atoms. The lowest BCUT2D eigenvalue weighted by molar-refractivity contribution is -0.0568. The molecule has 4 saturated carbocycles. The van der Waals surface area contributed by atoms with E-state index in [2.05, 4.69) is 6.92 Å². The second kappa shape index (κ2) is 2.00. The van der Waals surface area contributed by atoms with Crippen LogP contribution >= 0.6 is 0 Å². The Kier molecular flexibility index (Phi) is 1.20. The first-order valence-electron chi connectivity index (χ1n) is 5.18. The van der Waals surface area contributed by atoms with Crippen LogP contribution in [0, 0.1) is 23.7 Å². The Hall–Kier alpha value is -0.200. The first kappa shape index (κ1) is 7.23. The summed E-state index contributed by atoms with van der Waals surface area (Å²) >= 11 is 0. The lowest BCUT2D eigenvalue weighted by atomic mass is 9.51. The highest BCUT2D eigenvalue weighted by Gasteiger charge is 2.60. The molecule has 0 aliphatic heterocycles. The lowest BCUT2D eigenvalue weighted by Gasteiger charge is -2.50. The Morgan fingerprint density at radius 1 is 1.17 bits per heavy atom. The molecule has 0 heterocycles. The number of hydrogen-bond donors (Lipinski definition) is 0. The number of alkyl halides is 1. The van der Waals surface area contributed by atoms with Crippen molar-refractivity contribution in [3.8, 4) is 0 Å². The smallest absolute Gasteiger partial charge is 0.120 e. The average molecular weight is 167 g/mol. The van der Waals surface area contributed by atoms with E-state index in [1.807, 2.05) is 0 Å². The topological polar surface area (TPSA) is 0 Å². The van der Waals surface area contributed by atoms with Crippen LogP contribution in [0.3, 0.4) is 0 Å². The largest absolute Gasteiger partial charge is 0.243 e. The van der Waals surface area contributed by atoms with Crippen molar-refractivity contribution >= 4 is 0 Å². The summed E-state index contributed by atoms with van der Waals surface area (Å²) in [4.78, 5) is 0. The predicted octanol–water partition coefficient (Wildman–Crippen LogP) is 3.13. The molecule has 4 aliphatic carbocycles. The van der Waals surface area contributed by atoms with Crippen LogP contribution in [0.25, 0.3) is 0 Å². The Morgan fingerprint density at radius 3 is 2.25 bits per heavy atom. The van der Waals surface area contributed by atoms with Gasteiger partial charge in [-0.15, -0.1) is 0 Å². The van der Waals surface area contributed by atoms with Gasteiger partial charge in [-0.1, -0.05) is 0 Å². The molecule has 0 spiro atoms. The maximum atomic E-state index is 14.0. The van der Waals surface area contributed by atoms with Gasteiger partial charge in [0.25, 0.3) is 0 Å². The van der Waals surface area contributed by atoms with Gasteiger partial charge >= 0.3 is 0 Å². The normalized spacial score (nSPS) is 56.5. The molecule has 0 aromatic heterocycles. The average Bonchev–Trinajstić information content (AvgIpc) is 1.96. The number of hydrogen-bond acceptors (Lipinski definition) is 0. The molecule has 0 N–H and O–H groups in total. The second-order valence-electron chi connectivity index (χ2n) is 5.24. The Bertz CT molecular complexity index is 195. The molecule has 1 heteroatoms. The van der Waals surface area contributed by atoms with Crippen LogP contribution in [0.1, 0.15) is 39.0 Å². The van der Waals surface area contributed by atoms with Gasteiger partial charge in [0.2, 0.25) is 0 Å². The van der Waals surface area contributed by atoms with E-state index in [0.29, 0.717) is 11.8 Å². The van der Waals surface area contributed by atoms with Gasteiger partial charge in [-0.25, -0.2) is 4.39 Å². The number of halogens is 1. The van der Waals surface area contributed by atoms with Crippen molar-refractivity contribution in [3.05, 3.63) is 5.92 Å². The van der Waals surface area contributed by atoms with Crippen LogP contribution in [0.4, 0.5) is 4.39 Å². The summed E-state index contributed by atoms with van der Waals surface area (Å²) in [6.45, 7) is 2.26. The second-order valence-corrected chi connectivity index (χ2v) is 5.24. The van der Waals surface area contributed by atoms with Crippen LogP contribution < -0.4 is 0 Å². The van der Waals surface area contributed by atoms with Crippen LogP contribution in [0.15, 0.2) is 0 Å². The summed E-state index contributed by atoms with van der Waals surface area (Å²) in [5, 5.41) is 0. The highest BCUT2D eigenvalue weighted by atomic mass is 19.1.